The second-order valence-corrected chi connectivity index (χ2v) is 7.18. The van der Waals surface area contributed by atoms with Gasteiger partial charge >= 0.3 is 0 Å². The number of pyridine rings is 1. The minimum Gasteiger partial charge on any atom is -0.352 e. The molecule has 0 aliphatic heterocycles. The smallest absolute Gasteiger partial charge is 0.251 e. The molecule has 3 rings (SSSR count). The summed E-state index contributed by atoms with van der Waals surface area (Å²) in [6.07, 6.45) is 11.3. The third-order valence-electron chi connectivity index (χ3n) is 5.02. The van der Waals surface area contributed by atoms with E-state index in [0.717, 1.165) is 30.7 Å². The Morgan fingerprint density at radius 1 is 1.00 bits per heavy atom. The molecule has 0 bridgehead atoms. The van der Waals surface area contributed by atoms with Crippen molar-refractivity contribution in [1.82, 2.24) is 19.9 Å². The molecular formula is C23H30N4O. The Hall–Kier alpha value is -2.69. The number of imidazole rings is 1. The summed E-state index contributed by atoms with van der Waals surface area (Å²) in [6.45, 7) is 3.90. The minimum absolute atomic E-state index is 0.0492. The SMILES string of the molecule is CCCCCCCn1c(CCCNC(=O)c2ccncc2)nc2ccccc21. The van der Waals surface area contributed by atoms with Crippen LogP contribution in [0, 0.1) is 0 Å². The molecule has 0 radical (unpaired) electrons. The van der Waals surface area contributed by atoms with Crippen molar-refractivity contribution in [3.63, 3.8) is 0 Å². The van der Waals surface area contributed by atoms with E-state index in [0.29, 0.717) is 12.1 Å². The average Bonchev–Trinajstić information content (AvgIpc) is 3.09. The molecule has 0 spiro atoms. The van der Waals surface area contributed by atoms with Gasteiger partial charge in [-0.1, -0.05) is 44.7 Å². The van der Waals surface area contributed by atoms with Gasteiger partial charge in [0.05, 0.1) is 11.0 Å². The van der Waals surface area contributed by atoms with E-state index in [1.165, 1.54) is 37.6 Å². The number of hydrogen-bond acceptors (Lipinski definition) is 3. The molecule has 0 aliphatic rings. The predicted octanol–water partition coefficient (Wildman–Crippen LogP) is 4.76. The molecule has 0 saturated carbocycles. The number of para-hydroxylation sites is 2. The van der Waals surface area contributed by atoms with Gasteiger partial charge in [0.25, 0.3) is 5.91 Å². The van der Waals surface area contributed by atoms with Crippen LogP contribution < -0.4 is 5.32 Å². The number of benzene rings is 1. The van der Waals surface area contributed by atoms with Crippen molar-refractivity contribution in [2.24, 2.45) is 0 Å². The van der Waals surface area contributed by atoms with Crippen molar-refractivity contribution < 1.29 is 4.79 Å². The van der Waals surface area contributed by atoms with E-state index in [4.69, 9.17) is 4.98 Å². The van der Waals surface area contributed by atoms with Crippen LogP contribution in [-0.4, -0.2) is 27.0 Å². The molecule has 1 amide bonds. The molecule has 0 atom stereocenters. The maximum Gasteiger partial charge on any atom is 0.251 e. The van der Waals surface area contributed by atoms with Gasteiger partial charge in [0.15, 0.2) is 0 Å². The number of aromatic nitrogens is 3. The van der Waals surface area contributed by atoms with Crippen LogP contribution in [0.3, 0.4) is 0 Å². The van der Waals surface area contributed by atoms with Crippen molar-refractivity contribution in [2.45, 2.75) is 58.4 Å². The lowest BCUT2D eigenvalue weighted by molar-refractivity contribution is 0.0953. The van der Waals surface area contributed by atoms with E-state index < -0.39 is 0 Å². The molecule has 2 heterocycles. The highest BCUT2D eigenvalue weighted by atomic mass is 16.1. The van der Waals surface area contributed by atoms with Crippen molar-refractivity contribution in [3.8, 4) is 0 Å². The molecule has 0 unspecified atom stereocenters. The Morgan fingerprint density at radius 3 is 2.61 bits per heavy atom. The Bertz CT molecular complexity index is 873. The Morgan fingerprint density at radius 2 is 1.79 bits per heavy atom. The summed E-state index contributed by atoms with van der Waals surface area (Å²) in [5.74, 6) is 1.07. The summed E-state index contributed by atoms with van der Waals surface area (Å²) in [5.41, 5.74) is 2.93. The molecule has 148 valence electrons. The van der Waals surface area contributed by atoms with Crippen molar-refractivity contribution in [3.05, 3.63) is 60.2 Å². The van der Waals surface area contributed by atoms with Crippen LogP contribution in [0.5, 0.6) is 0 Å². The Labute approximate surface area is 167 Å². The van der Waals surface area contributed by atoms with Gasteiger partial charge in [-0.2, -0.15) is 0 Å². The zero-order chi connectivity index (χ0) is 19.6. The molecule has 1 aromatic carbocycles. The van der Waals surface area contributed by atoms with Gasteiger partial charge in [-0.05, 0) is 37.1 Å². The summed E-state index contributed by atoms with van der Waals surface area (Å²) in [6, 6.07) is 11.8. The third-order valence-corrected chi connectivity index (χ3v) is 5.02. The topological polar surface area (TPSA) is 59.8 Å². The van der Waals surface area contributed by atoms with Crippen molar-refractivity contribution >= 4 is 16.9 Å². The summed E-state index contributed by atoms with van der Waals surface area (Å²) < 4.78 is 2.37. The average molecular weight is 379 g/mol. The van der Waals surface area contributed by atoms with Crippen LogP contribution in [0.4, 0.5) is 0 Å². The van der Waals surface area contributed by atoms with Gasteiger partial charge in [0.1, 0.15) is 5.82 Å². The van der Waals surface area contributed by atoms with Crippen LogP contribution in [-0.2, 0) is 13.0 Å². The molecule has 0 aliphatic carbocycles. The maximum absolute atomic E-state index is 12.1. The van der Waals surface area contributed by atoms with E-state index in [1.54, 1.807) is 24.5 Å². The molecule has 28 heavy (non-hydrogen) atoms. The summed E-state index contributed by atoms with van der Waals surface area (Å²) in [7, 11) is 0. The van der Waals surface area contributed by atoms with Crippen LogP contribution >= 0.6 is 0 Å². The highest BCUT2D eigenvalue weighted by Gasteiger charge is 2.10. The van der Waals surface area contributed by atoms with E-state index in [1.807, 2.05) is 6.07 Å². The fraction of sp³-hybridized carbons (Fsp3) is 0.435. The largest absolute Gasteiger partial charge is 0.352 e. The molecule has 2 aromatic heterocycles. The second kappa shape index (κ2) is 10.6. The Kier molecular flexibility index (Phi) is 7.59. The quantitative estimate of drug-likeness (QED) is 0.489. The van der Waals surface area contributed by atoms with Crippen LogP contribution in [0.1, 0.15) is 61.6 Å². The van der Waals surface area contributed by atoms with Crippen LogP contribution in [0.15, 0.2) is 48.8 Å². The number of fused-ring (bicyclic) bond motifs is 1. The monoisotopic (exact) mass is 378 g/mol. The molecule has 0 saturated heterocycles. The van der Waals surface area contributed by atoms with Crippen LogP contribution in [0.25, 0.3) is 11.0 Å². The number of aryl methyl sites for hydroxylation is 2. The number of amides is 1. The lowest BCUT2D eigenvalue weighted by Gasteiger charge is -2.10. The fourth-order valence-corrected chi connectivity index (χ4v) is 3.49. The zero-order valence-electron chi connectivity index (χ0n) is 16.7. The predicted molar refractivity (Wildman–Crippen MR) is 113 cm³/mol. The minimum atomic E-state index is -0.0492. The zero-order valence-corrected chi connectivity index (χ0v) is 16.7. The van der Waals surface area contributed by atoms with Gasteiger partial charge in [-0.3, -0.25) is 9.78 Å². The van der Waals surface area contributed by atoms with Crippen molar-refractivity contribution in [1.29, 1.82) is 0 Å². The van der Waals surface area contributed by atoms with Gasteiger partial charge in [-0.15, -0.1) is 0 Å². The second-order valence-electron chi connectivity index (χ2n) is 7.18. The van der Waals surface area contributed by atoms with E-state index in [2.05, 4.69) is 40.0 Å². The van der Waals surface area contributed by atoms with Gasteiger partial charge < -0.3 is 9.88 Å². The highest BCUT2D eigenvalue weighted by Crippen LogP contribution is 2.18. The Balaban J connectivity index is 1.55. The molecule has 0 fully saturated rings. The summed E-state index contributed by atoms with van der Waals surface area (Å²) in [5, 5.41) is 2.99. The first-order valence-electron chi connectivity index (χ1n) is 10.4. The number of carbonyl (C=O) groups excluding carboxylic acids is 1. The summed E-state index contributed by atoms with van der Waals surface area (Å²) >= 11 is 0. The molecule has 5 nitrogen and oxygen atoms in total. The third kappa shape index (κ3) is 5.41. The first-order chi connectivity index (χ1) is 13.8. The number of rotatable bonds is 11. The lowest BCUT2D eigenvalue weighted by atomic mass is 10.1. The summed E-state index contributed by atoms with van der Waals surface area (Å²) in [4.78, 5) is 20.9. The first kappa shape index (κ1) is 20.1. The first-order valence-corrected chi connectivity index (χ1v) is 10.4. The van der Waals surface area contributed by atoms with Crippen LogP contribution in [0.2, 0.25) is 0 Å². The number of carbonyl (C=O) groups is 1. The lowest BCUT2D eigenvalue weighted by Crippen LogP contribution is -2.25. The van der Waals surface area contributed by atoms with Crippen molar-refractivity contribution in [2.75, 3.05) is 6.54 Å². The maximum atomic E-state index is 12.1. The number of hydrogen-bond donors (Lipinski definition) is 1. The van der Waals surface area contributed by atoms with E-state index >= 15 is 0 Å². The molecule has 5 heteroatoms. The van der Waals surface area contributed by atoms with Gasteiger partial charge in [-0.25, -0.2) is 4.98 Å². The molecule has 3 aromatic rings. The highest BCUT2D eigenvalue weighted by molar-refractivity contribution is 5.93. The number of unbranched alkanes of at least 4 members (excludes halogenated alkanes) is 4. The molecular weight excluding hydrogens is 348 g/mol. The number of nitrogens with zero attached hydrogens (tertiary/aromatic N) is 3. The van der Waals surface area contributed by atoms with Gasteiger partial charge in [0.2, 0.25) is 0 Å². The molecule has 1 N–H and O–H groups in total. The fourth-order valence-electron chi connectivity index (χ4n) is 3.49. The van der Waals surface area contributed by atoms with E-state index in [-0.39, 0.29) is 5.91 Å². The normalized spacial score (nSPS) is 11.0. The van der Waals surface area contributed by atoms with E-state index in [9.17, 15) is 4.79 Å². The van der Waals surface area contributed by atoms with Gasteiger partial charge in [0, 0.05) is 37.5 Å². The number of nitrogens with one attached hydrogen (secondary N) is 1. The standard InChI is InChI=1S/C23H30N4O/c1-2-3-4-5-8-18-27-21-11-7-6-10-20(21)26-22(27)12-9-15-25-23(28)19-13-16-24-17-14-19/h6-7,10-11,13-14,16-17H,2-5,8-9,12,15,18H2,1H3,(H,25,28).